The number of rotatable bonds is 4. The third kappa shape index (κ3) is 3.00. The van der Waals surface area contributed by atoms with Crippen LogP contribution in [0.25, 0.3) is 0 Å². The van der Waals surface area contributed by atoms with Gasteiger partial charge < -0.3 is 20.2 Å². The molecule has 1 aromatic heterocycles. The normalized spacial score (nSPS) is 18.1. The lowest BCUT2D eigenvalue weighted by atomic mass is 10.1. The molecule has 1 aliphatic heterocycles. The van der Waals surface area contributed by atoms with E-state index in [1.165, 1.54) is 19.3 Å². The summed E-state index contributed by atoms with van der Waals surface area (Å²) in [5.41, 5.74) is 5.46. The number of furan rings is 1. The van der Waals surface area contributed by atoms with Gasteiger partial charge in [-0.15, -0.1) is 0 Å². The second-order valence-corrected chi connectivity index (χ2v) is 4.44. The monoisotopic (exact) mass is 238 g/mol. The highest BCUT2D eigenvalue weighted by molar-refractivity contribution is 5.73. The molecule has 0 radical (unpaired) electrons. The van der Waals surface area contributed by atoms with E-state index in [-0.39, 0.29) is 6.42 Å². The van der Waals surface area contributed by atoms with Crippen molar-refractivity contribution in [3.05, 3.63) is 17.9 Å². The summed E-state index contributed by atoms with van der Waals surface area (Å²) in [6.45, 7) is 2.02. The number of carboxylic acids is 1. The van der Waals surface area contributed by atoms with Gasteiger partial charge in [0.15, 0.2) is 5.88 Å². The Kier molecular flexibility index (Phi) is 3.68. The molecule has 1 atom stereocenters. The zero-order valence-corrected chi connectivity index (χ0v) is 9.76. The van der Waals surface area contributed by atoms with E-state index in [2.05, 4.69) is 4.90 Å². The molecule has 5 heteroatoms. The third-order valence-electron chi connectivity index (χ3n) is 3.05. The largest absolute Gasteiger partial charge is 0.480 e. The first kappa shape index (κ1) is 12.0. The number of carboxylic acid groups (broad SMARTS) is 1. The van der Waals surface area contributed by atoms with E-state index in [1.54, 1.807) is 0 Å². The van der Waals surface area contributed by atoms with Crippen molar-refractivity contribution in [1.82, 2.24) is 0 Å². The van der Waals surface area contributed by atoms with Gasteiger partial charge in [0.05, 0.1) is 0 Å². The van der Waals surface area contributed by atoms with Gasteiger partial charge in [-0.1, -0.05) is 0 Å². The number of carbonyl (C=O) groups is 1. The Labute approximate surface area is 100 Å². The number of piperidine rings is 1. The van der Waals surface area contributed by atoms with Gasteiger partial charge in [-0.05, 0) is 25.3 Å². The van der Waals surface area contributed by atoms with Crippen LogP contribution in [0.15, 0.2) is 16.5 Å². The van der Waals surface area contributed by atoms with Crippen molar-refractivity contribution >= 4 is 11.9 Å². The summed E-state index contributed by atoms with van der Waals surface area (Å²) in [4.78, 5) is 12.8. The average Bonchev–Trinajstić information content (AvgIpc) is 2.78. The average molecular weight is 238 g/mol. The quantitative estimate of drug-likeness (QED) is 0.824. The Hall–Kier alpha value is -1.49. The molecule has 1 aromatic rings. The van der Waals surface area contributed by atoms with Crippen molar-refractivity contribution in [3.8, 4) is 0 Å². The first-order valence-electron chi connectivity index (χ1n) is 5.99. The molecule has 1 aliphatic rings. The van der Waals surface area contributed by atoms with Crippen LogP contribution < -0.4 is 10.6 Å². The van der Waals surface area contributed by atoms with E-state index in [4.69, 9.17) is 15.3 Å². The zero-order chi connectivity index (χ0) is 12.3. The lowest BCUT2D eigenvalue weighted by Gasteiger charge is -2.26. The Bertz CT molecular complexity index is 383. The Morgan fingerprint density at radius 3 is 2.76 bits per heavy atom. The lowest BCUT2D eigenvalue weighted by Crippen LogP contribution is -2.32. The molecule has 3 N–H and O–H groups in total. The Balaban J connectivity index is 1.97. The fourth-order valence-corrected chi connectivity index (χ4v) is 2.06. The number of nitrogens with two attached hydrogens (primary N) is 1. The fraction of sp³-hybridized carbons (Fsp3) is 0.583. The van der Waals surface area contributed by atoms with Crippen LogP contribution in [0, 0.1) is 0 Å². The maximum absolute atomic E-state index is 10.6. The van der Waals surface area contributed by atoms with Crippen molar-refractivity contribution < 1.29 is 14.3 Å². The predicted molar refractivity (Wildman–Crippen MR) is 64.1 cm³/mol. The molecule has 5 nitrogen and oxygen atoms in total. The molecule has 1 unspecified atom stereocenters. The topological polar surface area (TPSA) is 79.7 Å². The highest BCUT2D eigenvalue weighted by atomic mass is 16.4. The first-order valence-corrected chi connectivity index (χ1v) is 5.99. The van der Waals surface area contributed by atoms with Crippen LogP contribution in [0.2, 0.25) is 0 Å². The summed E-state index contributed by atoms with van der Waals surface area (Å²) in [6.07, 6.45) is 3.88. The van der Waals surface area contributed by atoms with Crippen LogP contribution in [-0.4, -0.2) is 30.2 Å². The summed E-state index contributed by atoms with van der Waals surface area (Å²) in [6, 6.07) is 2.82. The molecular formula is C12H18N2O3. The minimum atomic E-state index is -0.999. The molecule has 0 aliphatic carbocycles. The number of hydrogen-bond acceptors (Lipinski definition) is 4. The van der Waals surface area contributed by atoms with Crippen LogP contribution in [0.4, 0.5) is 5.88 Å². The van der Waals surface area contributed by atoms with E-state index >= 15 is 0 Å². The summed E-state index contributed by atoms with van der Waals surface area (Å²) in [5.74, 6) is 0.471. The van der Waals surface area contributed by atoms with Gasteiger partial charge in [-0.25, -0.2) is 0 Å². The summed E-state index contributed by atoms with van der Waals surface area (Å²) >= 11 is 0. The van der Waals surface area contributed by atoms with Crippen LogP contribution in [0.3, 0.4) is 0 Å². The van der Waals surface area contributed by atoms with Crippen LogP contribution in [-0.2, 0) is 11.2 Å². The van der Waals surface area contributed by atoms with Crippen LogP contribution >= 0.6 is 0 Å². The zero-order valence-electron chi connectivity index (χ0n) is 9.76. The standard InChI is InChI=1S/C12H18N2O3/c13-10(12(15)16)8-9-4-5-11(17-9)14-6-2-1-3-7-14/h4-5,10H,1-3,6-8,13H2,(H,15,16). The SMILES string of the molecule is NC(Cc1ccc(N2CCCCC2)o1)C(=O)O. The van der Waals surface area contributed by atoms with E-state index in [9.17, 15) is 4.79 Å². The Morgan fingerprint density at radius 1 is 1.41 bits per heavy atom. The molecular weight excluding hydrogens is 220 g/mol. The molecule has 2 heterocycles. The smallest absolute Gasteiger partial charge is 0.320 e. The number of anilines is 1. The molecule has 1 fully saturated rings. The number of aliphatic carboxylic acids is 1. The van der Waals surface area contributed by atoms with Gasteiger partial charge in [0.1, 0.15) is 11.8 Å². The third-order valence-corrected chi connectivity index (χ3v) is 3.05. The number of hydrogen-bond donors (Lipinski definition) is 2. The molecule has 94 valence electrons. The minimum Gasteiger partial charge on any atom is -0.480 e. The lowest BCUT2D eigenvalue weighted by molar-refractivity contribution is -0.138. The van der Waals surface area contributed by atoms with Crippen molar-refractivity contribution in [2.75, 3.05) is 18.0 Å². The molecule has 17 heavy (non-hydrogen) atoms. The van der Waals surface area contributed by atoms with Crippen LogP contribution in [0.5, 0.6) is 0 Å². The van der Waals surface area contributed by atoms with E-state index in [1.807, 2.05) is 12.1 Å². The van der Waals surface area contributed by atoms with Crippen molar-refractivity contribution in [2.45, 2.75) is 31.7 Å². The predicted octanol–water partition coefficient (Wildman–Crippen LogP) is 1.22. The highest BCUT2D eigenvalue weighted by Gasteiger charge is 2.17. The summed E-state index contributed by atoms with van der Waals surface area (Å²) in [5, 5.41) is 8.72. The molecule has 0 aromatic carbocycles. The molecule has 0 amide bonds. The van der Waals surface area contributed by atoms with Gasteiger partial charge in [0, 0.05) is 25.6 Å². The van der Waals surface area contributed by atoms with Crippen molar-refractivity contribution in [3.63, 3.8) is 0 Å². The van der Waals surface area contributed by atoms with E-state index < -0.39 is 12.0 Å². The molecule has 0 bridgehead atoms. The van der Waals surface area contributed by atoms with E-state index in [0.717, 1.165) is 19.0 Å². The maximum atomic E-state index is 10.6. The van der Waals surface area contributed by atoms with Gasteiger partial charge >= 0.3 is 5.97 Å². The van der Waals surface area contributed by atoms with Crippen LogP contribution in [0.1, 0.15) is 25.0 Å². The van der Waals surface area contributed by atoms with Crippen molar-refractivity contribution in [1.29, 1.82) is 0 Å². The van der Waals surface area contributed by atoms with Gasteiger partial charge in [-0.3, -0.25) is 4.79 Å². The Morgan fingerprint density at radius 2 is 2.12 bits per heavy atom. The van der Waals surface area contributed by atoms with Gasteiger partial charge in [-0.2, -0.15) is 0 Å². The second-order valence-electron chi connectivity index (χ2n) is 4.44. The first-order chi connectivity index (χ1) is 8.16. The second kappa shape index (κ2) is 5.23. The minimum absolute atomic E-state index is 0.239. The highest BCUT2D eigenvalue weighted by Crippen LogP contribution is 2.22. The van der Waals surface area contributed by atoms with E-state index in [0.29, 0.717) is 5.76 Å². The van der Waals surface area contributed by atoms with Gasteiger partial charge in [0.25, 0.3) is 0 Å². The number of nitrogens with zero attached hydrogens (tertiary/aromatic N) is 1. The maximum Gasteiger partial charge on any atom is 0.320 e. The fourth-order valence-electron chi connectivity index (χ4n) is 2.06. The summed E-state index contributed by atoms with van der Waals surface area (Å²) < 4.78 is 5.63. The van der Waals surface area contributed by atoms with Crippen molar-refractivity contribution in [2.24, 2.45) is 5.73 Å². The molecule has 0 spiro atoms. The molecule has 1 saturated heterocycles. The van der Waals surface area contributed by atoms with Gasteiger partial charge in [0.2, 0.25) is 0 Å². The molecule has 2 rings (SSSR count). The molecule has 0 saturated carbocycles. The summed E-state index contributed by atoms with van der Waals surface area (Å²) in [7, 11) is 0.